The molecule has 0 spiro atoms. The standard InChI is InChI=1S/C31H26FNO4/c32-28-14-13-20(21-7-1-6-12-26(21)28)15-19-16-29(30(34)35)33(17-19)31(36)37-18-27-24-10-4-2-8-22(24)23-9-3-5-11-25(23)27/h1-14,19,27,29H,15-18H2,(H,34,35)/t19-,29-/m1/s1. The van der Waals surface area contributed by atoms with Crippen LogP contribution in [-0.4, -0.2) is 41.3 Å². The van der Waals surface area contributed by atoms with E-state index < -0.39 is 18.1 Å². The third-order valence-corrected chi connectivity index (χ3v) is 7.71. The summed E-state index contributed by atoms with van der Waals surface area (Å²) in [5, 5.41) is 11.2. The fourth-order valence-electron chi connectivity index (χ4n) is 6.00. The van der Waals surface area contributed by atoms with Gasteiger partial charge in [0.15, 0.2) is 0 Å². The molecule has 186 valence electrons. The predicted molar refractivity (Wildman–Crippen MR) is 139 cm³/mol. The molecule has 1 saturated heterocycles. The number of carboxylic acid groups (broad SMARTS) is 1. The summed E-state index contributed by atoms with van der Waals surface area (Å²) in [6.07, 6.45) is 0.267. The van der Waals surface area contributed by atoms with E-state index >= 15 is 0 Å². The number of likely N-dealkylation sites (tertiary alicyclic amines) is 1. The first-order chi connectivity index (χ1) is 18.0. The average molecular weight is 496 g/mol. The Kier molecular flexibility index (Phi) is 5.87. The monoisotopic (exact) mass is 495 g/mol. The zero-order chi connectivity index (χ0) is 25.5. The number of rotatable bonds is 5. The zero-order valence-electron chi connectivity index (χ0n) is 20.1. The molecule has 4 aromatic rings. The number of hydrogen-bond donors (Lipinski definition) is 1. The van der Waals surface area contributed by atoms with Gasteiger partial charge in [-0.2, -0.15) is 0 Å². The Morgan fingerprint density at radius 1 is 0.865 bits per heavy atom. The highest BCUT2D eigenvalue weighted by Gasteiger charge is 2.41. The van der Waals surface area contributed by atoms with Crippen molar-refractivity contribution in [3.63, 3.8) is 0 Å². The van der Waals surface area contributed by atoms with E-state index in [9.17, 15) is 19.1 Å². The van der Waals surface area contributed by atoms with Crippen LogP contribution in [0.15, 0.2) is 84.9 Å². The molecular weight excluding hydrogens is 469 g/mol. The fraction of sp³-hybridized carbons (Fsp3) is 0.226. The van der Waals surface area contributed by atoms with E-state index in [1.54, 1.807) is 18.2 Å². The summed E-state index contributed by atoms with van der Waals surface area (Å²) < 4.78 is 20.0. The minimum atomic E-state index is -1.04. The van der Waals surface area contributed by atoms with Crippen LogP contribution in [0.1, 0.15) is 29.0 Å². The van der Waals surface area contributed by atoms with Crippen LogP contribution in [-0.2, 0) is 16.0 Å². The van der Waals surface area contributed by atoms with E-state index in [4.69, 9.17) is 4.74 Å². The molecule has 6 rings (SSSR count). The Hall–Kier alpha value is -4.19. The first-order valence-electron chi connectivity index (χ1n) is 12.5. The van der Waals surface area contributed by atoms with Crippen LogP contribution in [0, 0.1) is 11.7 Å². The lowest BCUT2D eigenvalue weighted by molar-refractivity contribution is -0.141. The predicted octanol–water partition coefficient (Wildman–Crippen LogP) is 6.25. The topological polar surface area (TPSA) is 66.8 Å². The van der Waals surface area contributed by atoms with Crippen molar-refractivity contribution in [1.29, 1.82) is 0 Å². The summed E-state index contributed by atoms with van der Waals surface area (Å²) in [4.78, 5) is 26.6. The molecule has 0 unspecified atom stereocenters. The Morgan fingerprint density at radius 2 is 1.49 bits per heavy atom. The number of ether oxygens (including phenoxy) is 1. The third-order valence-electron chi connectivity index (χ3n) is 7.71. The minimum absolute atomic E-state index is 0.0737. The van der Waals surface area contributed by atoms with Gasteiger partial charge < -0.3 is 9.84 Å². The number of carboxylic acids is 1. The lowest BCUT2D eigenvalue weighted by atomic mass is 9.93. The average Bonchev–Trinajstić information content (AvgIpc) is 3.49. The Balaban J connectivity index is 1.19. The maximum Gasteiger partial charge on any atom is 0.410 e. The second kappa shape index (κ2) is 9.36. The van der Waals surface area contributed by atoms with Gasteiger partial charge in [0.2, 0.25) is 0 Å². The lowest BCUT2D eigenvalue weighted by Crippen LogP contribution is -2.41. The first kappa shape index (κ1) is 23.2. The maximum absolute atomic E-state index is 14.3. The summed E-state index contributed by atoms with van der Waals surface area (Å²) in [6, 6.07) is 25.7. The fourth-order valence-corrected chi connectivity index (χ4v) is 6.00. The summed E-state index contributed by atoms with van der Waals surface area (Å²) in [7, 11) is 0. The Labute approximate surface area is 214 Å². The molecule has 2 aliphatic rings. The molecule has 0 aromatic heterocycles. The van der Waals surface area contributed by atoms with Crippen molar-refractivity contribution in [3.05, 3.63) is 107 Å². The number of amides is 1. The maximum atomic E-state index is 14.3. The van der Waals surface area contributed by atoms with Crippen LogP contribution < -0.4 is 0 Å². The summed E-state index contributed by atoms with van der Waals surface area (Å²) in [5.74, 6) is -1.49. The van der Waals surface area contributed by atoms with Crippen LogP contribution >= 0.6 is 0 Å². The third kappa shape index (κ3) is 4.12. The van der Waals surface area contributed by atoms with Crippen molar-refractivity contribution in [1.82, 2.24) is 4.90 Å². The van der Waals surface area contributed by atoms with Gasteiger partial charge in [0, 0.05) is 17.8 Å². The van der Waals surface area contributed by atoms with Crippen LogP contribution in [0.4, 0.5) is 9.18 Å². The molecule has 1 aliphatic heterocycles. The molecule has 0 saturated carbocycles. The van der Waals surface area contributed by atoms with Crippen LogP contribution in [0.3, 0.4) is 0 Å². The second-order valence-corrected chi connectivity index (χ2v) is 9.87. The largest absolute Gasteiger partial charge is 0.480 e. The molecule has 1 amide bonds. The number of hydrogen-bond acceptors (Lipinski definition) is 3. The molecule has 1 N–H and O–H groups in total. The molecule has 6 heteroatoms. The highest BCUT2D eigenvalue weighted by Crippen LogP contribution is 2.44. The number of nitrogens with zero attached hydrogens (tertiary/aromatic N) is 1. The molecular formula is C31H26FNO4. The van der Waals surface area contributed by atoms with Crippen LogP contribution in [0.25, 0.3) is 21.9 Å². The minimum Gasteiger partial charge on any atom is -0.480 e. The van der Waals surface area contributed by atoms with E-state index in [1.165, 1.54) is 11.0 Å². The first-order valence-corrected chi connectivity index (χ1v) is 12.5. The SMILES string of the molecule is O=C(O)[C@H]1C[C@@H](Cc2ccc(F)c3ccccc23)CN1C(=O)OCC1c2ccccc2-c2ccccc21. The number of carbonyl (C=O) groups excluding carboxylic acids is 1. The van der Waals surface area contributed by atoms with Crippen LogP contribution in [0.2, 0.25) is 0 Å². The molecule has 5 nitrogen and oxygen atoms in total. The highest BCUT2D eigenvalue weighted by molar-refractivity contribution is 5.86. The van der Waals surface area contributed by atoms with E-state index in [-0.39, 0.29) is 30.8 Å². The molecule has 0 bridgehead atoms. The quantitative estimate of drug-likeness (QED) is 0.356. The Bertz CT molecular complexity index is 1470. The van der Waals surface area contributed by atoms with Crippen molar-refractivity contribution in [3.8, 4) is 11.1 Å². The number of carbonyl (C=O) groups is 2. The molecule has 1 aliphatic carbocycles. The van der Waals surface area contributed by atoms with Crippen molar-refractivity contribution in [2.75, 3.05) is 13.2 Å². The van der Waals surface area contributed by atoms with Gasteiger partial charge in [0.25, 0.3) is 0 Å². The Morgan fingerprint density at radius 3 is 2.16 bits per heavy atom. The summed E-state index contributed by atoms with van der Waals surface area (Å²) in [5.41, 5.74) is 5.42. The number of fused-ring (bicyclic) bond motifs is 4. The van der Waals surface area contributed by atoms with Crippen molar-refractivity contribution in [2.45, 2.75) is 24.8 Å². The molecule has 0 radical (unpaired) electrons. The van der Waals surface area contributed by atoms with Crippen LogP contribution in [0.5, 0.6) is 0 Å². The van der Waals surface area contributed by atoms with Gasteiger partial charge in [-0.05, 0) is 58.0 Å². The molecule has 37 heavy (non-hydrogen) atoms. The van der Waals surface area contributed by atoms with Gasteiger partial charge in [-0.1, -0.05) is 78.9 Å². The molecule has 1 fully saturated rings. The van der Waals surface area contributed by atoms with Gasteiger partial charge in [0.05, 0.1) is 0 Å². The normalized spacial score (nSPS) is 18.6. The lowest BCUT2D eigenvalue weighted by Gasteiger charge is -2.22. The van der Waals surface area contributed by atoms with E-state index in [0.717, 1.165) is 33.2 Å². The van der Waals surface area contributed by atoms with Gasteiger partial charge in [-0.25, -0.2) is 14.0 Å². The second-order valence-electron chi connectivity index (χ2n) is 9.87. The van der Waals surface area contributed by atoms with Gasteiger partial charge in [0.1, 0.15) is 18.5 Å². The number of benzene rings is 4. The van der Waals surface area contributed by atoms with E-state index in [0.29, 0.717) is 18.2 Å². The van der Waals surface area contributed by atoms with Crippen molar-refractivity contribution >= 4 is 22.8 Å². The summed E-state index contributed by atoms with van der Waals surface area (Å²) in [6.45, 7) is 0.419. The zero-order valence-corrected chi connectivity index (χ0v) is 20.1. The van der Waals surface area contributed by atoms with Gasteiger partial charge in [-0.3, -0.25) is 4.90 Å². The van der Waals surface area contributed by atoms with E-state index in [2.05, 4.69) is 12.1 Å². The molecule has 1 heterocycles. The van der Waals surface area contributed by atoms with Gasteiger partial charge >= 0.3 is 12.1 Å². The van der Waals surface area contributed by atoms with E-state index in [1.807, 2.05) is 48.5 Å². The van der Waals surface area contributed by atoms with Crippen molar-refractivity contribution < 1.29 is 23.8 Å². The molecule has 2 atom stereocenters. The summed E-state index contributed by atoms with van der Waals surface area (Å²) >= 11 is 0. The highest BCUT2D eigenvalue weighted by atomic mass is 19.1. The van der Waals surface area contributed by atoms with Crippen molar-refractivity contribution in [2.24, 2.45) is 5.92 Å². The number of halogens is 1. The molecule has 4 aromatic carbocycles. The van der Waals surface area contributed by atoms with Gasteiger partial charge in [-0.15, -0.1) is 0 Å². The number of aliphatic carboxylic acids is 1. The smallest absolute Gasteiger partial charge is 0.410 e.